The lowest BCUT2D eigenvalue weighted by atomic mass is 9.92. The van der Waals surface area contributed by atoms with Crippen LogP contribution >= 0.6 is 0 Å². The molecule has 4 N–H and O–H groups in total. The van der Waals surface area contributed by atoms with Crippen molar-refractivity contribution in [2.75, 3.05) is 11.5 Å². The van der Waals surface area contributed by atoms with Crippen molar-refractivity contribution >= 4 is 22.9 Å². The van der Waals surface area contributed by atoms with E-state index in [-0.39, 0.29) is 33.8 Å². The minimum Gasteiger partial charge on any atom is -0.454 e. The molecule has 0 amide bonds. The fourth-order valence-electron chi connectivity index (χ4n) is 5.80. The number of nitrogens with two attached hydrogens (primary N) is 2. The van der Waals surface area contributed by atoms with Gasteiger partial charge in [0, 0.05) is 11.1 Å². The predicted molar refractivity (Wildman–Crippen MR) is 199 cm³/mol. The van der Waals surface area contributed by atoms with Gasteiger partial charge in [-0.3, -0.25) is 9.59 Å². The van der Waals surface area contributed by atoms with Gasteiger partial charge in [0.1, 0.15) is 23.0 Å². The van der Waals surface area contributed by atoms with Gasteiger partial charge in [-0.25, -0.2) is 0 Å². The van der Waals surface area contributed by atoms with Crippen molar-refractivity contribution in [2.45, 2.75) is 0 Å². The molecule has 0 bridgehead atoms. The highest BCUT2D eigenvalue weighted by atomic mass is 16.5. The van der Waals surface area contributed by atoms with E-state index in [1.807, 2.05) is 84.9 Å². The summed E-state index contributed by atoms with van der Waals surface area (Å²) in [5.74, 6) is 0.716. The Kier molecular flexibility index (Phi) is 8.90. The molecule has 0 saturated carbocycles. The number of carbonyl (C=O) groups is 2. The van der Waals surface area contributed by atoms with Crippen LogP contribution in [0.1, 0.15) is 31.8 Å². The average Bonchev–Trinajstić information content (AvgIpc) is 3.17. The Labute approximate surface area is 290 Å². The van der Waals surface area contributed by atoms with Gasteiger partial charge in [0.05, 0.1) is 22.5 Å². The van der Waals surface area contributed by atoms with Gasteiger partial charge in [-0.2, -0.15) is 0 Å². The average molecular weight is 653 g/mol. The summed E-state index contributed by atoms with van der Waals surface area (Å²) >= 11 is 0. The van der Waals surface area contributed by atoms with E-state index < -0.39 is 0 Å². The lowest BCUT2D eigenvalue weighted by molar-refractivity contribution is 0.100. The fourth-order valence-corrected chi connectivity index (χ4v) is 5.80. The number of rotatable bonds is 10. The van der Waals surface area contributed by atoms with Crippen molar-refractivity contribution in [2.24, 2.45) is 0 Å². The van der Waals surface area contributed by atoms with E-state index in [4.69, 9.17) is 20.9 Å². The lowest BCUT2D eigenvalue weighted by Gasteiger charge is -2.16. The van der Waals surface area contributed by atoms with Gasteiger partial charge in [0.25, 0.3) is 0 Å². The van der Waals surface area contributed by atoms with Crippen LogP contribution < -0.4 is 20.9 Å². The molecule has 0 aliphatic carbocycles. The molecule has 0 aromatic heterocycles. The van der Waals surface area contributed by atoms with Crippen LogP contribution in [0.5, 0.6) is 23.0 Å². The number of hydrogen-bond donors (Lipinski definition) is 2. The smallest absolute Gasteiger partial charge is 0.197 e. The predicted octanol–water partition coefficient (Wildman–Crippen LogP) is 10.2. The Bertz CT molecular complexity index is 2170. The van der Waals surface area contributed by atoms with Crippen molar-refractivity contribution in [3.05, 3.63) is 192 Å². The van der Waals surface area contributed by atoms with Crippen LogP contribution in [0.15, 0.2) is 170 Å². The van der Waals surface area contributed by atoms with Crippen LogP contribution in [0.4, 0.5) is 11.4 Å². The first-order valence-electron chi connectivity index (χ1n) is 16.1. The topological polar surface area (TPSA) is 105 Å². The third-order valence-electron chi connectivity index (χ3n) is 8.35. The van der Waals surface area contributed by atoms with Gasteiger partial charge >= 0.3 is 0 Å². The molecule has 50 heavy (non-hydrogen) atoms. The maximum absolute atomic E-state index is 14.2. The van der Waals surface area contributed by atoms with E-state index in [1.54, 1.807) is 84.9 Å². The van der Waals surface area contributed by atoms with Gasteiger partial charge in [0.2, 0.25) is 0 Å². The highest BCUT2D eigenvalue weighted by molar-refractivity contribution is 6.21. The summed E-state index contributed by atoms with van der Waals surface area (Å²) in [4.78, 5) is 28.4. The molecule has 0 heterocycles. The molecular weight excluding hydrogens is 620 g/mol. The van der Waals surface area contributed by atoms with E-state index in [2.05, 4.69) is 0 Å². The molecule has 0 fully saturated rings. The zero-order valence-corrected chi connectivity index (χ0v) is 27.0. The summed E-state index contributed by atoms with van der Waals surface area (Å²) in [5, 5.41) is 0. The summed E-state index contributed by atoms with van der Waals surface area (Å²) in [5.41, 5.74) is 18.6. The SMILES string of the molecule is Nc1cc(-c2ccccc2)ccc1Oc1ccccc1C(=O)c1ccccc1C(=O)c1ccccc1Oc1ccc(-c2ccccc2)cc1N. The molecule has 0 atom stereocenters. The van der Waals surface area contributed by atoms with E-state index >= 15 is 0 Å². The maximum Gasteiger partial charge on any atom is 0.197 e. The van der Waals surface area contributed by atoms with Crippen LogP contribution in [0.25, 0.3) is 22.3 Å². The van der Waals surface area contributed by atoms with Crippen molar-refractivity contribution in [3.63, 3.8) is 0 Å². The van der Waals surface area contributed by atoms with E-state index in [0.717, 1.165) is 22.3 Å². The Morgan fingerprint density at radius 2 is 0.680 bits per heavy atom. The number of ether oxygens (including phenoxy) is 2. The molecule has 0 spiro atoms. The number of para-hydroxylation sites is 2. The summed E-state index contributed by atoms with van der Waals surface area (Å²) in [6, 6.07) is 51.5. The second-order valence-corrected chi connectivity index (χ2v) is 11.6. The molecule has 0 radical (unpaired) electrons. The van der Waals surface area contributed by atoms with Crippen molar-refractivity contribution in [3.8, 4) is 45.3 Å². The van der Waals surface area contributed by atoms with Crippen molar-refractivity contribution in [1.82, 2.24) is 0 Å². The first kappa shape index (κ1) is 31.7. The third-order valence-corrected chi connectivity index (χ3v) is 8.35. The molecule has 0 saturated heterocycles. The summed E-state index contributed by atoms with van der Waals surface area (Å²) in [6.07, 6.45) is 0. The molecule has 0 aliphatic rings. The maximum atomic E-state index is 14.2. The molecule has 7 aromatic carbocycles. The minimum atomic E-state index is -0.372. The highest BCUT2D eigenvalue weighted by Gasteiger charge is 2.24. The van der Waals surface area contributed by atoms with Crippen LogP contribution in [0.2, 0.25) is 0 Å². The first-order chi connectivity index (χ1) is 24.5. The summed E-state index contributed by atoms with van der Waals surface area (Å²) in [6.45, 7) is 0. The third kappa shape index (κ3) is 6.59. The summed E-state index contributed by atoms with van der Waals surface area (Å²) in [7, 11) is 0. The van der Waals surface area contributed by atoms with Crippen LogP contribution in [-0.2, 0) is 0 Å². The number of nitrogen functional groups attached to an aromatic ring is 2. The van der Waals surface area contributed by atoms with Gasteiger partial charge in [-0.15, -0.1) is 0 Å². The number of ketones is 2. The molecule has 7 rings (SSSR count). The van der Waals surface area contributed by atoms with Gasteiger partial charge in [0.15, 0.2) is 11.6 Å². The van der Waals surface area contributed by atoms with E-state index in [9.17, 15) is 9.59 Å². The molecule has 6 heteroatoms. The zero-order chi connectivity index (χ0) is 34.5. The fraction of sp³-hybridized carbons (Fsp3) is 0. The molecule has 242 valence electrons. The van der Waals surface area contributed by atoms with E-state index in [0.29, 0.717) is 34.4 Å². The van der Waals surface area contributed by atoms with Gasteiger partial charge in [-0.1, -0.05) is 121 Å². The molecule has 7 aromatic rings. The molecule has 6 nitrogen and oxygen atoms in total. The van der Waals surface area contributed by atoms with Gasteiger partial charge in [-0.05, 0) is 70.8 Å². The number of hydrogen-bond acceptors (Lipinski definition) is 6. The van der Waals surface area contributed by atoms with Crippen molar-refractivity contribution < 1.29 is 19.1 Å². The number of carbonyl (C=O) groups excluding carboxylic acids is 2. The number of benzene rings is 7. The Hall–Kier alpha value is -6.92. The second kappa shape index (κ2) is 14.1. The molecular formula is C44H32N2O4. The Morgan fingerprint density at radius 1 is 0.340 bits per heavy atom. The normalized spacial score (nSPS) is 10.7. The lowest BCUT2D eigenvalue weighted by Crippen LogP contribution is -2.12. The monoisotopic (exact) mass is 652 g/mol. The second-order valence-electron chi connectivity index (χ2n) is 11.6. The largest absolute Gasteiger partial charge is 0.454 e. The first-order valence-corrected chi connectivity index (χ1v) is 16.1. The quantitative estimate of drug-likeness (QED) is 0.113. The standard InChI is InChI=1S/C44H32N2O4/c45-37-27-31(29-13-3-1-4-14-29)23-25-41(37)49-39-21-11-9-19-35(39)43(47)33-17-7-8-18-34(33)44(48)36-20-10-12-22-40(36)50-42-26-24-32(28-38(42)46)30-15-5-2-6-16-30/h1-28H,45-46H2. The van der Waals surface area contributed by atoms with Crippen molar-refractivity contribution in [1.29, 1.82) is 0 Å². The Balaban J connectivity index is 1.17. The zero-order valence-electron chi connectivity index (χ0n) is 27.0. The minimum absolute atomic E-state index is 0.225. The highest BCUT2D eigenvalue weighted by Crippen LogP contribution is 2.36. The molecule has 0 unspecified atom stereocenters. The molecule has 0 aliphatic heterocycles. The van der Waals surface area contributed by atoms with E-state index in [1.165, 1.54) is 0 Å². The summed E-state index contributed by atoms with van der Waals surface area (Å²) < 4.78 is 12.5. The van der Waals surface area contributed by atoms with Crippen LogP contribution in [-0.4, -0.2) is 11.6 Å². The van der Waals surface area contributed by atoms with Gasteiger partial charge < -0.3 is 20.9 Å². The Morgan fingerprint density at radius 3 is 1.06 bits per heavy atom. The number of anilines is 2. The van der Waals surface area contributed by atoms with Crippen LogP contribution in [0, 0.1) is 0 Å². The van der Waals surface area contributed by atoms with Crippen LogP contribution in [0.3, 0.4) is 0 Å².